The van der Waals surface area contributed by atoms with E-state index in [2.05, 4.69) is 24.5 Å². The molecule has 114 valence electrons. The Labute approximate surface area is 128 Å². The predicted molar refractivity (Wildman–Crippen MR) is 82.0 cm³/mol. The Kier molecular flexibility index (Phi) is 4.42. The molecule has 1 aromatic rings. The number of rotatable bonds is 3. The predicted octanol–water partition coefficient (Wildman–Crippen LogP) is 3.74. The highest BCUT2D eigenvalue weighted by atomic mass is 35.5. The van der Waals surface area contributed by atoms with Gasteiger partial charge in [0, 0.05) is 11.7 Å². The van der Waals surface area contributed by atoms with E-state index in [1.807, 2.05) is 0 Å². The Hall–Kier alpha value is -1.75. The van der Waals surface area contributed by atoms with Gasteiger partial charge >= 0.3 is 12.0 Å². The Morgan fingerprint density at radius 3 is 2.62 bits per heavy atom. The fraction of sp³-hybridized carbons (Fsp3) is 0.467. The standard InChI is InChI=1S/C15H19ClN2O3/c1-15(2)7-3-4-12(15)18-14(21)17-9-5-6-10(13(19)20)11(16)8-9/h5-6,8,12H,3-4,7H2,1-2H3,(H,19,20)(H2,17,18,21). The lowest BCUT2D eigenvalue weighted by molar-refractivity contribution is 0.0697. The zero-order valence-electron chi connectivity index (χ0n) is 12.1. The molecule has 1 atom stereocenters. The lowest BCUT2D eigenvalue weighted by Crippen LogP contribution is -2.43. The molecule has 1 saturated carbocycles. The number of carbonyl (C=O) groups is 2. The van der Waals surface area contributed by atoms with Crippen molar-refractivity contribution in [3.63, 3.8) is 0 Å². The lowest BCUT2D eigenvalue weighted by Gasteiger charge is -2.27. The minimum Gasteiger partial charge on any atom is -0.478 e. The number of amides is 2. The van der Waals surface area contributed by atoms with Crippen LogP contribution < -0.4 is 10.6 Å². The summed E-state index contributed by atoms with van der Waals surface area (Å²) in [4.78, 5) is 22.9. The molecule has 1 unspecified atom stereocenters. The van der Waals surface area contributed by atoms with Crippen molar-refractivity contribution in [1.29, 1.82) is 0 Å². The van der Waals surface area contributed by atoms with Crippen molar-refractivity contribution in [3.8, 4) is 0 Å². The molecule has 0 radical (unpaired) electrons. The summed E-state index contributed by atoms with van der Waals surface area (Å²) in [6.07, 6.45) is 3.17. The van der Waals surface area contributed by atoms with E-state index in [4.69, 9.17) is 16.7 Å². The molecule has 0 heterocycles. The minimum atomic E-state index is -1.09. The third-order valence-corrected chi connectivity index (χ3v) is 4.33. The summed E-state index contributed by atoms with van der Waals surface area (Å²) in [5.74, 6) is -1.09. The van der Waals surface area contributed by atoms with Gasteiger partial charge in [0.15, 0.2) is 0 Å². The first-order valence-electron chi connectivity index (χ1n) is 6.90. The number of halogens is 1. The Morgan fingerprint density at radius 1 is 1.38 bits per heavy atom. The molecule has 0 aromatic heterocycles. The quantitative estimate of drug-likeness (QED) is 0.795. The van der Waals surface area contributed by atoms with E-state index in [9.17, 15) is 9.59 Å². The molecular weight excluding hydrogens is 292 g/mol. The van der Waals surface area contributed by atoms with Crippen molar-refractivity contribution in [2.45, 2.75) is 39.2 Å². The number of nitrogens with one attached hydrogen (secondary N) is 2. The maximum Gasteiger partial charge on any atom is 0.337 e. The van der Waals surface area contributed by atoms with Crippen molar-refractivity contribution in [3.05, 3.63) is 28.8 Å². The lowest BCUT2D eigenvalue weighted by atomic mass is 9.87. The summed E-state index contributed by atoms with van der Waals surface area (Å²) < 4.78 is 0. The van der Waals surface area contributed by atoms with Crippen LogP contribution >= 0.6 is 11.6 Å². The molecule has 0 bridgehead atoms. The molecule has 0 spiro atoms. The van der Waals surface area contributed by atoms with Crippen LogP contribution in [-0.2, 0) is 0 Å². The summed E-state index contributed by atoms with van der Waals surface area (Å²) in [6, 6.07) is 4.18. The average Bonchev–Trinajstić information content (AvgIpc) is 2.68. The first kappa shape index (κ1) is 15.6. The van der Waals surface area contributed by atoms with Gasteiger partial charge in [-0.3, -0.25) is 0 Å². The van der Waals surface area contributed by atoms with Gasteiger partial charge in [-0.1, -0.05) is 31.9 Å². The van der Waals surface area contributed by atoms with Crippen molar-refractivity contribution >= 4 is 29.3 Å². The molecule has 21 heavy (non-hydrogen) atoms. The summed E-state index contributed by atoms with van der Waals surface area (Å²) in [6.45, 7) is 4.28. The van der Waals surface area contributed by atoms with Crippen molar-refractivity contribution in [2.24, 2.45) is 5.41 Å². The molecule has 1 aliphatic carbocycles. The average molecular weight is 311 g/mol. The largest absolute Gasteiger partial charge is 0.478 e. The summed E-state index contributed by atoms with van der Waals surface area (Å²) in [7, 11) is 0. The van der Waals surface area contributed by atoms with E-state index < -0.39 is 5.97 Å². The number of aromatic carboxylic acids is 1. The van der Waals surface area contributed by atoms with E-state index in [-0.39, 0.29) is 28.1 Å². The van der Waals surface area contributed by atoms with Crippen molar-refractivity contribution in [2.75, 3.05) is 5.32 Å². The van der Waals surface area contributed by atoms with Gasteiger partial charge in [-0.25, -0.2) is 9.59 Å². The third kappa shape index (κ3) is 3.67. The molecule has 1 fully saturated rings. The fourth-order valence-corrected chi connectivity index (χ4v) is 2.95. The summed E-state index contributed by atoms with van der Waals surface area (Å²) >= 11 is 5.87. The number of anilines is 1. The van der Waals surface area contributed by atoms with Crippen LogP contribution in [0.5, 0.6) is 0 Å². The molecule has 2 amide bonds. The fourth-order valence-electron chi connectivity index (χ4n) is 2.69. The molecule has 1 aliphatic rings. The van der Waals surface area contributed by atoms with Gasteiger partial charge in [-0.2, -0.15) is 0 Å². The molecule has 6 heteroatoms. The second kappa shape index (κ2) is 5.93. The molecule has 1 aromatic carbocycles. The number of benzene rings is 1. The molecular formula is C15H19ClN2O3. The first-order chi connectivity index (χ1) is 9.79. The second-order valence-electron chi connectivity index (χ2n) is 6.03. The van der Waals surface area contributed by atoms with Crippen LogP contribution in [0.15, 0.2) is 18.2 Å². The highest BCUT2D eigenvalue weighted by molar-refractivity contribution is 6.33. The molecule has 3 N–H and O–H groups in total. The highest BCUT2D eigenvalue weighted by Crippen LogP contribution is 2.37. The summed E-state index contributed by atoms with van der Waals surface area (Å²) in [5.41, 5.74) is 0.583. The van der Waals surface area contributed by atoms with Gasteiger partial charge in [0.1, 0.15) is 0 Å². The molecule has 2 rings (SSSR count). The van der Waals surface area contributed by atoms with Gasteiger partial charge in [-0.15, -0.1) is 0 Å². The van der Waals surface area contributed by atoms with E-state index in [0.717, 1.165) is 19.3 Å². The Morgan fingerprint density at radius 2 is 2.10 bits per heavy atom. The zero-order chi connectivity index (χ0) is 15.6. The third-order valence-electron chi connectivity index (χ3n) is 4.02. The zero-order valence-corrected chi connectivity index (χ0v) is 12.8. The van der Waals surface area contributed by atoms with Gasteiger partial charge in [0.2, 0.25) is 0 Å². The van der Waals surface area contributed by atoms with Gasteiger partial charge in [0.25, 0.3) is 0 Å². The van der Waals surface area contributed by atoms with Crippen molar-refractivity contribution < 1.29 is 14.7 Å². The smallest absolute Gasteiger partial charge is 0.337 e. The van der Waals surface area contributed by atoms with Crippen LogP contribution in [0.3, 0.4) is 0 Å². The van der Waals surface area contributed by atoms with Crippen LogP contribution in [0.25, 0.3) is 0 Å². The molecule has 5 nitrogen and oxygen atoms in total. The van der Waals surface area contributed by atoms with Crippen LogP contribution in [0.2, 0.25) is 5.02 Å². The number of urea groups is 1. The van der Waals surface area contributed by atoms with E-state index in [1.54, 1.807) is 0 Å². The SMILES string of the molecule is CC1(C)CCCC1NC(=O)Nc1ccc(C(=O)O)c(Cl)c1. The van der Waals surface area contributed by atoms with Gasteiger partial charge < -0.3 is 15.7 Å². The molecule has 0 saturated heterocycles. The van der Waals surface area contributed by atoms with Crippen LogP contribution in [-0.4, -0.2) is 23.1 Å². The second-order valence-corrected chi connectivity index (χ2v) is 6.44. The number of carbonyl (C=O) groups excluding carboxylic acids is 1. The number of hydrogen-bond donors (Lipinski definition) is 3. The first-order valence-corrected chi connectivity index (χ1v) is 7.28. The maximum absolute atomic E-state index is 12.0. The van der Waals surface area contributed by atoms with E-state index in [1.165, 1.54) is 18.2 Å². The highest BCUT2D eigenvalue weighted by Gasteiger charge is 2.35. The topological polar surface area (TPSA) is 78.4 Å². The van der Waals surface area contributed by atoms with Crippen LogP contribution in [0.1, 0.15) is 43.5 Å². The summed E-state index contributed by atoms with van der Waals surface area (Å²) in [5, 5.41) is 14.7. The number of hydrogen-bond acceptors (Lipinski definition) is 2. The number of carboxylic acid groups (broad SMARTS) is 1. The van der Waals surface area contributed by atoms with E-state index in [0.29, 0.717) is 5.69 Å². The monoisotopic (exact) mass is 310 g/mol. The Bertz CT molecular complexity index is 572. The molecule has 0 aliphatic heterocycles. The van der Waals surface area contributed by atoms with Crippen LogP contribution in [0.4, 0.5) is 10.5 Å². The minimum absolute atomic E-state index is 0.0135. The van der Waals surface area contributed by atoms with E-state index >= 15 is 0 Å². The van der Waals surface area contributed by atoms with Crippen molar-refractivity contribution in [1.82, 2.24) is 5.32 Å². The van der Waals surface area contributed by atoms with Gasteiger partial charge in [-0.05, 0) is 36.5 Å². The van der Waals surface area contributed by atoms with Crippen LogP contribution in [0, 0.1) is 5.41 Å². The normalized spacial score (nSPS) is 20.0. The Balaban J connectivity index is 2.00. The number of carboxylic acids is 1. The van der Waals surface area contributed by atoms with Gasteiger partial charge in [0.05, 0.1) is 10.6 Å². The maximum atomic E-state index is 12.0.